The molecular weight excluding hydrogens is 448 g/mol. The zero-order chi connectivity index (χ0) is 24.1. The molecule has 1 aromatic carbocycles. The Balaban J connectivity index is 1.34. The number of nitrogens with one attached hydrogen (secondary N) is 1. The third kappa shape index (κ3) is 6.06. The smallest absolute Gasteiger partial charge is 0.226 e. The van der Waals surface area contributed by atoms with Crippen LogP contribution < -0.4 is 5.32 Å². The van der Waals surface area contributed by atoms with E-state index in [9.17, 15) is 9.59 Å². The van der Waals surface area contributed by atoms with Gasteiger partial charge in [-0.05, 0) is 69.1 Å². The maximum atomic E-state index is 13.2. The Bertz CT molecular complexity index is 1140. The monoisotopic (exact) mass is 480 g/mol. The summed E-state index contributed by atoms with van der Waals surface area (Å²) in [6.07, 6.45) is 15.2. The number of oxazole rings is 1. The SMILES string of the molecule is CCC(=O)NC1CCC(CCC(C)C(=O)C2=CCCC=C(c3nc4ccc(Cl)cc4o3)C=C2)C1. The molecule has 0 spiro atoms. The van der Waals surface area contributed by atoms with Gasteiger partial charge in [-0.2, -0.15) is 0 Å². The maximum absolute atomic E-state index is 13.2. The first kappa shape index (κ1) is 24.5. The molecule has 1 saturated carbocycles. The number of carbonyl (C=O) groups excluding carboxylic acids is 2. The van der Waals surface area contributed by atoms with Gasteiger partial charge in [-0.3, -0.25) is 9.59 Å². The summed E-state index contributed by atoms with van der Waals surface area (Å²) >= 11 is 6.07. The second-order valence-electron chi connectivity index (χ2n) is 9.50. The largest absolute Gasteiger partial charge is 0.436 e. The van der Waals surface area contributed by atoms with E-state index in [2.05, 4.69) is 16.4 Å². The Morgan fingerprint density at radius 3 is 2.85 bits per heavy atom. The van der Waals surface area contributed by atoms with Gasteiger partial charge in [0.1, 0.15) is 5.52 Å². The predicted octanol–water partition coefficient (Wildman–Crippen LogP) is 6.82. The minimum Gasteiger partial charge on any atom is -0.436 e. The van der Waals surface area contributed by atoms with E-state index >= 15 is 0 Å². The Morgan fingerprint density at radius 2 is 2.03 bits per heavy atom. The molecule has 5 nitrogen and oxygen atoms in total. The van der Waals surface area contributed by atoms with Crippen molar-refractivity contribution in [3.63, 3.8) is 0 Å². The first-order chi connectivity index (χ1) is 16.4. The number of hydrogen-bond acceptors (Lipinski definition) is 4. The molecule has 0 radical (unpaired) electrons. The van der Waals surface area contributed by atoms with E-state index in [-0.39, 0.29) is 17.6 Å². The average Bonchev–Trinajstić information content (AvgIpc) is 3.43. The molecule has 2 aliphatic rings. The number of halogens is 1. The van der Waals surface area contributed by atoms with E-state index in [1.54, 1.807) is 12.1 Å². The molecule has 1 N–H and O–H groups in total. The zero-order valence-corrected chi connectivity index (χ0v) is 20.7. The second-order valence-corrected chi connectivity index (χ2v) is 9.94. The lowest BCUT2D eigenvalue weighted by Gasteiger charge is -2.16. The van der Waals surface area contributed by atoms with Gasteiger partial charge in [0.05, 0.1) is 0 Å². The highest BCUT2D eigenvalue weighted by atomic mass is 35.5. The van der Waals surface area contributed by atoms with Crippen LogP contribution in [0.1, 0.15) is 71.1 Å². The van der Waals surface area contributed by atoms with E-state index in [0.717, 1.165) is 61.6 Å². The van der Waals surface area contributed by atoms with Crippen LogP contribution in [0, 0.1) is 11.8 Å². The van der Waals surface area contributed by atoms with Crippen LogP contribution in [-0.4, -0.2) is 22.7 Å². The number of rotatable bonds is 8. The standard InChI is InChI=1S/C28H33ClN2O3/c1-3-26(32)30-23-14-10-19(16-23)9-8-18(2)27(33)20-6-4-5-7-21(12-11-20)28-31-24-15-13-22(29)17-25(24)34-28/h6-7,11-13,15,17-19,23H,3-5,8-10,14,16H2,1-2H3,(H,30,32). The molecule has 3 unspecified atom stereocenters. The highest BCUT2D eigenvalue weighted by Gasteiger charge is 2.27. The summed E-state index contributed by atoms with van der Waals surface area (Å²) in [7, 11) is 0. The van der Waals surface area contributed by atoms with Crippen molar-refractivity contribution in [2.45, 2.75) is 71.3 Å². The second kappa shape index (κ2) is 11.2. The fourth-order valence-electron chi connectivity index (χ4n) is 4.86. The Morgan fingerprint density at radius 1 is 1.21 bits per heavy atom. The number of aromatic nitrogens is 1. The van der Waals surface area contributed by atoms with Crippen molar-refractivity contribution < 1.29 is 14.0 Å². The van der Waals surface area contributed by atoms with Crippen molar-refractivity contribution in [3.05, 3.63) is 59.0 Å². The third-order valence-corrected chi connectivity index (χ3v) is 7.14. The molecule has 2 aromatic rings. The fraction of sp³-hybridized carbons (Fsp3) is 0.464. The minimum absolute atomic E-state index is 0.0292. The third-order valence-electron chi connectivity index (χ3n) is 6.90. The highest BCUT2D eigenvalue weighted by molar-refractivity contribution is 6.31. The van der Waals surface area contributed by atoms with Gasteiger partial charge >= 0.3 is 0 Å². The molecule has 0 bridgehead atoms. The number of ketones is 1. The summed E-state index contributed by atoms with van der Waals surface area (Å²) in [6, 6.07) is 5.71. The van der Waals surface area contributed by atoms with Crippen LogP contribution in [0.2, 0.25) is 5.02 Å². The van der Waals surface area contributed by atoms with Crippen LogP contribution in [0.15, 0.2) is 52.5 Å². The molecule has 3 atom stereocenters. The molecule has 1 fully saturated rings. The quantitative estimate of drug-likeness (QED) is 0.449. The van der Waals surface area contributed by atoms with Gasteiger partial charge in [-0.15, -0.1) is 0 Å². The summed E-state index contributed by atoms with van der Waals surface area (Å²) in [6.45, 7) is 3.91. The van der Waals surface area contributed by atoms with Crippen LogP contribution in [-0.2, 0) is 9.59 Å². The van der Waals surface area contributed by atoms with Crippen molar-refractivity contribution in [1.29, 1.82) is 0 Å². The van der Waals surface area contributed by atoms with Crippen LogP contribution in [0.25, 0.3) is 16.7 Å². The summed E-state index contributed by atoms with van der Waals surface area (Å²) in [5.41, 5.74) is 3.06. The normalized spacial score (nSPS) is 21.5. The highest BCUT2D eigenvalue weighted by Crippen LogP contribution is 2.32. The van der Waals surface area contributed by atoms with E-state index in [1.165, 1.54) is 0 Å². The lowest BCUT2D eigenvalue weighted by atomic mass is 9.89. The summed E-state index contributed by atoms with van der Waals surface area (Å²) in [5, 5.41) is 3.73. The number of nitrogens with zero attached hydrogens (tertiary/aromatic N) is 1. The van der Waals surface area contributed by atoms with Crippen molar-refractivity contribution in [1.82, 2.24) is 10.3 Å². The summed E-state index contributed by atoms with van der Waals surface area (Å²) in [4.78, 5) is 29.4. The fourth-order valence-corrected chi connectivity index (χ4v) is 5.02. The van der Waals surface area contributed by atoms with Gasteiger partial charge in [-0.25, -0.2) is 4.98 Å². The Labute approximate surface area is 206 Å². The average molecular weight is 481 g/mol. The van der Waals surface area contributed by atoms with Gasteiger partial charge < -0.3 is 9.73 Å². The van der Waals surface area contributed by atoms with Crippen LogP contribution in [0.4, 0.5) is 0 Å². The first-order valence-electron chi connectivity index (χ1n) is 12.4. The van der Waals surface area contributed by atoms with E-state index < -0.39 is 0 Å². The van der Waals surface area contributed by atoms with E-state index in [1.807, 2.05) is 38.1 Å². The minimum atomic E-state index is -0.0292. The van der Waals surface area contributed by atoms with Crippen molar-refractivity contribution in [3.8, 4) is 0 Å². The van der Waals surface area contributed by atoms with Gasteiger partial charge in [0, 0.05) is 40.6 Å². The lowest BCUT2D eigenvalue weighted by Crippen LogP contribution is -2.32. The van der Waals surface area contributed by atoms with Gasteiger partial charge in [0.15, 0.2) is 11.4 Å². The van der Waals surface area contributed by atoms with Crippen molar-refractivity contribution >= 4 is 40.0 Å². The predicted molar refractivity (Wildman–Crippen MR) is 136 cm³/mol. The molecule has 1 aromatic heterocycles. The molecule has 180 valence electrons. The van der Waals surface area contributed by atoms with Gasteiger partial charge in [0.25, 0.3) is 0 Å². The molecule has 0 saturated heterocycles. The number of allylic oxidation sites excluding steroid dienone is 6. The van der Waals surface area contributed by atoms with Crippen molar-refractivity contribution in [2.24, 2.45) is 11.8 Å². The number of benzene rings is 1. The van der Waals surface area contributed by atoms with Crippen LogP contribution >= 0.6 is 11.6 Å². The van der Waals surface area contributed by atoms with Crippen LogP contribution in [0.5, 0.6) is 0 Å². The molecule has 34 heavy (non-hydrogen) atoms. The maximum Gasteiger partial charge on any atom is 0.226 e. The molecule has 4 rings (SSSR count). The molecular formula is C28H33ClN2O3. The van der Waals surface area contributed by atoms with Gasteiger partial charge in [-0.1, -0.05) is 43.7 Å². The van der Waals surface area contributed by atoms with E-state index in [4.69, 9.17) is 16.0 Å². The number of fused-ring (bicyclic) bond motifs is 1. The summed E-state index contributed by atoms with van der Waals surface area (Å²) in [5.74, 6) is 1.42. The topological polar surface area (TPSA) is 72.2 Å². The summed E-state index contributed by atoms with van der Waals surface area (Å²) < 4.78 is 5.92. The molecule has 6 heteroatoms. The Hall–Kier alpha value is -2.66. The molecule has 2 aliphatic carbocycles. The lowest BCUT2D eigenvalue weighted by molar-refractivity contribution is -0.121. The first-order valence-corrected chi connectivity index (χ1v) is 12.8. The number of carbonyl (C=O) groups is 2. The zero-order valence-electron chi connectivity index (χ0n) is 20.0. The molecule has 0 aliphatic heterocycles. The number of hydrogen-bond donors (Lipinski definition) is 1. The van der Waals surface area contributed by atoms with Gasteiger partial charge in [0.2, 0.25) is 11.8 Å². The molecule has 1 heterocycles. The van der Waals surface area contributed by atoms with Crippen molar-refractivity contribution in [2.75, 3.05) is 0 Å². The number of Topliss-reactive ketones (excluding diaryl/α,β-unsaturated/α-hetero) is 1. The molecule has 1 amide bonds. The Kier molecular flexibility index (Phi) is 8.04. The van der Waals surface area contributed by atoms with Crippen LogP contribution in [0.3, 0.4) is 0 Å². The number of amides is 1. The van der Waals surface area contributed by atoms with E-state index in [0.29, 0.717) is 34.9 Å².